The monoisotopic (exact) mass is 1340 g/mol. The van der Waals surface area contributed by atoms with Gasteiger partial charge in [-0.15, -0.1) is 0 Å². The van der Waals surface area contributed by atoms with Crippen molar-refractivity contribution >= 4 is 94.4 Å². The third-order valence-corrected chi connectivity index (χ3v) is 15.9. The number of hydrogen-bond acceptors (Lipinski definition) is 11. The zero-order chi connectivity index (χ0) is 71.8. The highest BCUT2D eigenvalue weighted by atomic mass is 16.2. The predicted molar refractivity (Wildman–Crippen MR) is 399 cm³/mol. The number of Topliss-reactive ketones (excluding diaryl/α,β-unsaturated/α-hetero) is 1. The zero-order valence-electron chi connectivity index (χ0n) is 56.2. The maximum absolute atomic E-state index is 12.1. The molecular formula is C80H77N11O9. The lowest BCUT2D eigenvalue weighted by Crippen LogP contribution is -2.18. The summed E-state index contributed by atoms with van der Waals surface area (Å²) in [4.78, 5) is 118. The first-order valence-corrected chi connectivity index (χ1v) is 32.7. The van der Waals surface area contributed by atoms with Gasteiger partial charge in [-0.3, -0.25) is 43.2 Å². The molecule has 14 aromatic rings. The van der Waals surface area contributed by atoms with Crippen molar-refractivity contribution in [2.75, 3.05) is 0 Å². The fourth-order valence-electron chi connectivity index (χ4n) is 11.5. The highest BCUT2D eigenvalue weighted by Crippen LogP contribution is 2.37. The molecular weight excluding hydrogens is 1260 g/mol. The summed E-state index contributed by atoms with van der Waals surface area (Å²) in [6.07, 6.45) is 8.66. The highest BCUT2D eigenvalue weighted by molar-refractivity contribution is 6.14. The van der Waals surface area contributed by atoms with Gasteiger partial charge < -0.3 is 42.5 Å². The number of rotatable bonds is 3. The van der Waals surface area contributed by atoms with Crippen LogP contribution < -0.4 is 44.8 Å². The van der Waals surface area contributed by atoms with Gasteiger partial charge in [0, 0.05) is 80.2 Å². The fourth-order valence-corrected chi connectivity index (χ4v) is 11.5. The third kappa shape index (κ3) is 17.0. The van der Waals surface area contributed by atoms with Crippen LogP contribution in [0.5, 0.6) is 0 Å². The van der Waals surface area contributed by atoms with Crippen molar-refractivity contribution in [2.24, 2.45) is 17.2 Å². The maximum Gasteiger partial charge on any atom is 0.272 e. The molecule has 0 unspecified atom stereocenters. The summed E-state index contributed by atoms with van der Waals surface area (Å²) in [6.45, 7) is 12.5. The summed E-state index contributed by atoms with van der Waals surface area (Å²) in [5.41, 5.74) is 26.7. The van der Waals surface area contributed by atoms with Gasteiger partial charge in [0.1, 0.15) is 0 Å². The number of H-pyrrole nitrogens is 5. The number of benzene rings is 9. The molecule has 12 N–H and O–H groups in total. The molecule has 5 aromatic heterocycles. The van der Waals surface area contributed by atoms with Crippen molar-refractivity contribution in [2.45, 2.75) is 73.8 Å². The lowest BCUT2D eigenvalue weighted by molar-refractivity contribution is 0.0946. The molecule has 2 aliphatic carbocycles. The van der Waals surface area contributed by atoms with E-state index >= 15 is 0 Å². The summed E-state index contributed by atoms with van der Waals surface area (Å²) in [5.74, 6) is -1.47. The van der Waals surface area contributed by atoms with Crippen LogP contribution in [0.3, 0.4) is 0 Å². The third-order valence-electron chi connectivity index (χ3n) is 15.9. The average molecular weight is 1340 g/mol. The van der Waals surface area contributed by atoms with Gasteiger partial charge in [0.05, 0.1) is 51.2 Å². The molecule has 0 spiro atoms. The normalized spacial score (nSPS) is 11.4. The van der Waals surface area contributed by atoms with Gasteiger partial charge in [0.2, 0.25) is 17.7 Å². The van der Waals surface area contributed by atoms with E-state index in [0.29, 0.717) is 45.8 Å². The number of fused-ring (bicyclic) bond motifs is 11. The number of aromatic nitrogens is 7. The van der Waals surface area contributed by atoms with E-state index in [1.807, 2.05) is 175 Å². The number of amides is 4. The Bertz CT molecular complexity index is 5410. The Morgan fingerprint density at radius 2 is 1.02 bits per heavy atom. The number of para-hydroxylation sites is 2. The number of nitrogens with one attached hydrogen (secondary N) is 6. The molecule has 0 radical (unpaired) electrons. The smallest absolute Gasteiger partial charge is 0.272 e. The van der Waals surface area contributed by atoms with Crippen LogP contribution in [-0.4, -0.2) is 64.5 Å². The van der Waals surface area contributed by atoms with Gasteiger partial charge in [0.25, 0.3) is 28.1 Å². The first-order valence-electron chi connectivity index (χ1n) is 32.7. The number of carbonyl (C=O) groups excluding carboxylic acids is 5. The van der Waals surface area contributed by atoms with Gasteiger partial charge in [-0.2, -0.15) is 5.10 Å². The molecule has 100 heavy (non-hydrogen) atoms. The van der Waals surface area contributed by atoms with E-state index in [0.717, 1.165) is 90.5 Å². The second-order valence-electron chi connectivity index (χ2n) is 21.8. The first-order chi connectivity index (χ1) is 48.6. The molecule has 0 fully saturated rings. The zero-order valence-corrected chi connectivity index (χ0v) is 56.2. The number of carbonyl (C=O) groups is 5. The highest BCUT2D eigenvalue weighted by Gasteiger charge is 2.25. The fraction of sp³-hybridized carbons (Fsp3) is 0.138. The molecule has 9 aromatic carbocycles. The number of primary amides is 3. The Kier molecular flexibility index (Phi) is 25.6. The van der Waals surface area contributed by atoms with E-state index in [2.05, 4.69) is 52.6 Å². The number of aromatic amines is 5. The number of aryl methyl sites for hydroxylation is 1. The van der Waals surface area contributed by atoms with Crippen LogP contribution in [0, 0.1) is 0 Å². The van der Waals surface area contributed by atoms with E-state index < -0.39 is 11.8 Å². The Morgan fingerprint density at radius 1 is 0.440 bits per heavy atom. The van der Waals surface area contributed by atoms with Crippen LogP contribution in [0.1, 0.15) is 128 Å². The lowest BCUT2D eigenvalue weighted by atomic mass is 10.0. The molecule has 506 valence electrons. The van der Waals surface area contributed by atoms with Crippen LogP contribution in [0.4, 0.5) is 0 Å². The average Bonchev–Trinajstić information content (AvgIpc) is 1.57. The van der Waals surface area contributed by atoms with Gasteiger partial charge in [0.15, 0.2) is 5.78 Å². The molecule has 0 bridgehead atoms. The molecule has 3 aliphatic rings. The van der Waals surface area contributed by atoms with Gasteiger partial charge in [-0.05, 0) is 107 Å². The largest absolute Gasteiger partial charge is 0.366 e. The Morgan fingerprint density at radius 3 is 1.72 bits per heavy atom. The van der Waals surface area contributed by atoms with E-state index in [1.165, 1.54) is 23.0 Å². The number of hydrogen-bond donors (Lipinski definition) is 9. The molecule has 4 amide bonds. The summed E-state index contributed by atoms with van der Waals surface area (Å²) in [5, 5.41) is 15.9. The maximum atomic E-state index is 12.1. The van der Waals surface area contributed by atoms with Crippen LogP contribution >= 0.6 is 0 Å². The number of ketones is 1. The summed E-state index contributed by atoms with van der Waals surface area (Å²) >= 11 is 0. The van der Waals surface area contributed by atoms with Crippen molar-refractivity contribution in [3.05, 3.63) is 316 Å². The molecule has 20 heteroatoms. The van der Waals surface area contributed by atoms with Gasteiger partial charge in [-0.25, -0.2) is 10.1 Å². The van der Waals surface area contributed by atoms with E-state index in [9.17, 15) is 43.2 Å². The topological polar surface area (TPSA) is 348 Å². The van der Waals surface area contributed by atoms with Gasteiger partial charge >= 0.3 is 0 Å². The molecule has 0 saturated carbocycles. The second kappa shape index (κ2) is 35.1. The molecule has 0 saturated heterocycles. The van der Waals surface area contributed by atoms with Crippen molar-refractivity contribution in [1.82, 2.24) is 40.4 Å². The van der Waals surface area contributed by atoms with Crippen LogP contribution in [-0.2, 0) is 19.4 Å². The van der Waals surface area contributed by atoms with Crippen molar-refractivity contribution in [3.63, 3.8) is 0 Å². The van der Waals surface area contributed by atoms with E-state index in [1.54, 1.807) is 72.9 Å². The summed E-state index contributed by atoms with van der Waals surface area (Å²) in [6, 6.07) is 63.0. The summed E-state index contributed by atoms with van der Waals surface area (Å²) < 4.78 is 0. The van der Waals surface area contributed by atoms with Crippen LogP contribution in [0.25, 0.3) is 76.3 Å². The number of nitrogens with zero attached hydrogens (tertiary/aromatic N) is 2. The molecule has 17 rings (SSSR count). The predicted octanol–water partition coefficient (Wildman–Crippen LogP) is 13.3. The molecule has 1 aliphatic heterocycles. The number of pyridine rings is 2. The van der Waals surface area contributed by atoms with E-state index in [-0.39, 0.29) is 45.4 Å². The summed E-state index contributed by atoms with van der Waals surface area (Å²) in [7, 11) is 0. The van der Waals surface area contributed by atoms with Crippen molar-refractivity contribution in [3.8, 4) is 11.3 Å². The lowest BCUT2D eigenvalue weighted by Gasteiger charge is -2.05. The molecule has 20 nitrogen and oxygen atoms in total. The SMILES string of the molecule is CC.CC.CC.NC(=O)c1cccc2c1C(=O)NC2.NC(=O)c1cccc2c1c(=O)[nH]c1ccccc12.NC(=O)c1ccccc1.O=C1CCCc2c[nH]c3cccc1c23.O=c1[nH]c2c(c3ccccc13)Cc1ccccc1-2.O=c1[nH]cnc2ccccc12.O=c1[nH]ncc2ccccc12. The van der Waals surface area contributed by atoms with E-state index in [4.69, 9.17) is 17.2 Å². The Hall–Kier alpha value is -13.0. The van der Waals surface area contributed by atoms with Gasteiger partial charge in [-0.1, -0.05) is 187 Å². The molecule has 0 atom stereocenters. The first kappa shape index (κ1) is 72.9. The van der Waals surface area contributed by atoms with Crippen molar-refractivity contribution < 1.29 is 24.0 Å². The van der Waals surface area contributed by atoms with Crippen LogP contribution in [0.15, 0.2) is 244 Å². The number of nitrogens with two attached hydrogens (primary N) is 3. The molecule has 6 heterocycles. The minimum atomic E-state index is -0.596. The minimum Gasteiger partial charge on any atom is -0.366 e. The quantitative estimate of drug-likeness (QED) is 0.0749. The van der Waals surface area contributed by atoms with Crippen molar-refractivity contribution in [1.29, 1.82) is 0 Å². The Labute approximate surface area is 574 Å². The Balaban J connectivity index is 0.000000148. The minimum absolute atomic E-state index is 0.000975. The second-order valence-corrected chi connectivity index (χ2v) is 21.8. The van der Waals surface area contributed by atoms with Crippen LogP contribution in [0.2, 0.25) is 0 Å². The standard InChI is InChI=1S/C16H11NO.C14H10N2O2.C12H11NO.C9H8N2O2.2C8H6N2O.C7H7NO.3C2H6/c18-16-13-8-4-3-7-12(13)14-9-10-5-1-2-6-11(10)15(14)17-16;15-13(17)10-6-3-5-9-8-4-1-2-7-11(8)16-14(18)12(9)10;14-11-6-1-3-8-7-13-10-5-2-4-9(11)12(8)10;10-8(12)6-3-1-2-5-4-11-9(13)7(5)6;11-8-6-3-1-2-4-7(6)9-5-10-8;11-8-7-4-2-1-3-6(7)5-9-10-8;8-7(9)6-4-2-1-3-5-6;3*1-2/h1-8H,9H2,(H,17,18);1-7H,(H2,15,17)(H,16,18);2,4-5,7,13H,1,3,6H2;1-3H,4H2,(H2,10,12)(H,11,13);1-5H,(H,9,10,11);1-5H,(H,10,11);1-5H,(H2,8,9);3*1-2H3.